The van der Waals surface area contributed by atoms with E-state index in [0.717, 1.165) is 0 Å². The van der Waals surface area contributed by atoms with Crippen LogP contribution in [-0.2, 0) is 19.1 Å². The molecule has 0 spiro atoms. The van der Waals surface area contributed by atoms with Crippen LogP contribution in [0.5, 0.6) is 0 Å². The summed E-state index contributed by atoms with van der Waals surface area (Å²) in [6.45, 7) is 1.14. The number of rotatable bonds is 7. The van der Waals surface area contributed by atoms with Gasteiger partial charge in [0.1, 0.15) is 12.1 Å². The fourth-order valence-corrected chi connectivity index (χ4v) is 0.716. The lowest BCUT2D eigenvalue weighted by atomic mass is 10.2. The van der Waals surface area contributed by atoms with E-state index in [2.05, 4.69) is 4.74 Å². The van der Waals surface area contributed by atoms with Crippen molar-refractivity contribution in [3.8, 4) is 0 Å². The van der Waals surface area contributed by atoms with Crippen LogP contribution in [0.4, 0.5) is 0 Å². The number of aliphatic hydroxyl groups excluding tert-OH is 1. The summed E-state index contributed by atoms with van der Waals surface area (Å²) in [7, 11) is 0. The second-order valence-electron chi connectivity index (χ2n) is 3.53. The zero-order valence-corrected chi connectivity index (χ0v) is 10.6. The van der Waals surface area contributed by atoms with Crippen LogP contribution >= 0.6 is 0 Å². The number of nitrogens with two attached hydrogens (primary N) is 2. The Bertz CT molecular complexity index is 296. The molecule has 0 aromatic heterocycles. The quantitative estimate of drug-likeness (QED) is 0.335. The summed E-state index contributed by atoms with van der Waals surface area (Å²) < 4.78 is 4.48. The maximum absolute atomic E-state index is 10.2. The first-order valence-electron chi connectivity index (χ1n) is 5.43. The average molecular weight is 280 g/mol. The highest BCUT2D eigenvalue weighted by molar-refractivity contribution is 5.73. The van der Waals surface area contributed by atoms with E-state index in [1.165, 1.54) is 6.92 Å². The number of esters is 1. The van der Waals surface area contributed by atoms with Crippen molar-refractivity contribution in [1.82, 2.24) is 0 Å². The first-order valence-corrected chi connectivity index (χ1v) is 5.43. The number of carboxylic acids is 2. The van der Waals surface area contributed by atoms with E-state index in [4.69, 9.17) is 26.8 Å². The number of hydrogen-bond acceptors (Lipinski definition) is 7. The maximum Gasteiger partial charge on any atom is 0.320 e. The minimum absolute atomic E-state index is 0.0583. The monoisotopic (exact) mass is 280 g/mol. The topological polar surface area (TPSA) is 173 Å². The van der Waals surface area contributed by atoms with E-state index in [9.17, 15) is 14.4 Å². The third-order valence-corrected chi connectivity index (χ3v) is 1.81. The van der Waals surface area contributed by atoms with E-state index in [-0.39, 0.29) is 26.1 Å². The molecule has 0 saturated carbocycles. The number of ether oxygens (including phenoxy) is 1. The average Bonchev–Trinajstić information content (AvgIpc) is 2.29. The third kappa shape index (κ3) is 14.2. The van der Waals surface area contributed by atoms with Gasteiger partial charge in [-0.25, -0.2) is 0 Å². The van der Waals surface area contributed by atoms with Crippen LogP contribution in [0, 0.1) is 0 Å². The summed E-state index contributed by atoms with van der Waals surface area (Å²) in [6, 6.07) is -1.87. The van der Waals surface area contributed by atoms with Gasteiger partial charge in [-0.15, -0.1) is 0 Å². The molecule has 9 heteroatoms. The van der Waals surface area contributed by atoms with E-state index in [0.29, 0.717) is 0 Å². The first kappa shape index (κ1) is 19.6. The molecule has 112 valence electrons. The van der Waals surface area contributed by atoms with Crippen molar-refractivity contribution in [3.05, 3.63) is 0 Å². The molecule has 0 amide bonds. The number of carbonyl (C=O) groups is 3. The number of aliphatic hydroxyl groups is 1. The molecule has 0 aliphatic heterocycles. The molecule has 7 N–H and O–H groups in total. The van der Waals surface area contributed by atoms with Crippen LogP contribution in [-0.4, -0.2) is 58.5 Å². The zero-order chi connectivity index (χ0) is 15.4. The van der Waals surface area contributed by atoms with Gasteiger partial charge >= 0.3 is 17.9 Å². The number of hydrogen-bond donors (Lipinski definition) is 5. The molecule has 19 heavy (non-hydrogen) atoms. The van der Waals surface area contributed by atoms with Crippen molar-refractivity contribution in [1.29, 1.82) is 0 Å². The highest BCUT2D eigenvalue weighted by atomic mass is 16.5. The van der Waals surface area contributed by atoms with Gasteiger partial charge in [-0.2, -0.15) is 0 Å². The van der Waals surface area contributed by atoms with Crippen LogP contribution < -0.4 is 11.5 Å². The second-order valence-corrected chi connectivity index (χ2v) is 3.53. The highest BCUT2D eigenvalue weighted by Gasteiger charge is 2.10. The maximum atomic E-state index is 10.2. The van der Waals surface area contributed by atoms with Crippen LogP contribution in [0.15, 0.2) is 0 Å². The molecule has 0 fully saturated rings. The van der Waals surface area contributed by atoms with Gasteiger partial charge in [-0.05, 0) is 6.42 Å². The Morgan fingerprint density at radius 1 is 1.05 bits per heavy atom. The van der Waals surface area contributed by atoms with E-state index in [1.54, 1.807) is 0 Å². The number of carbonyl (C=O) groups excluding carboxylic acids is 1. The summed E-state index contributed by atoms with van der Waals surface area (Å²) >= 11 is 0. The summed E-state index contributed by atoms with van der Waals surface area (Å²) in [4.78, 5) is 30.1. The summed E-state index contributed by atoms with van der Waals surface area (Å²) in [5, 5.41) is 24.5. The van der Waals surface area contributed by atoms with Gasteiger partial charge in [0.25, 0.3) is 0 Å². The highest BCUT2D eigenvalue weighted by Crippen LogP contribution is 1.89. The minimum Gasteiger partial charge on any atom is -0.480 e. The molecule has 9 nitrogen and oxygen atoms in total. The van der Waals surface area contributed by atoms with Crippen LogP contribution in [0.3, 0.4) is 0 Å². The van der Waals surface area contributed by atoms with E-state index >= 15 is 0 Å². The summed E-state index contributed by atoms with van der Waals surface area (Å²) in [5.74, 6) is -2.58. The van der Waals surface area contributed by atoms with Crippen molar-refractivity contribution >= 4 is 17.9 Å². The van der Waals surface area contributed by atoms with Crippen LogP contribution in [0.1, 0.15) is 19.8 Å². The largest absolute Gasteiger partial charge is 0.480 e. The fraction of sp³-hybridized carbons (Fsp3) is 0.700. The molecule has 0 rings (SSSR count). The Hall–Kier alpha value is -1.71. The lowest BCUT2D eigenvalue weighted by Gasteiger charge is -2.04. The van der Waals surface area contributed by atoms with Crippen molar-refractivity contribution in [3.63, 3.8) is 0 Å². The number of aliphatic carboxylic acids is 2. The van der Waals surface area contributed by atoms with Crippen molar-refractivity contribution in [2.45, 2.75) is 31.8 Å². The smallest absolute Gasteiger partial charge is 0.320 e. The first-order chi connectivity index (χ1) is 8.72. The molecular weight excluding hydrogens is 260 g/mol. The Balaban J connectivity index is 0. The predicted octanol–water partition coefficient (Wildman–Crippen LogP) is -1.87. The lowest BCUT2D eigenvalue weighted by Crippen LogP contribution is -2.31. The normalized spacial score (nSPS) is 12.6. The van der Waals surface area contributed by atoms with Gasteiger partial charge in [-0.3, -0.25) is 14.4 Å². The molecular formula is C10H20N2O7. The fourth-order valence-electron chi connectivity index (χ4n) is 0.716. The molecule has 0 aromatic rings. The standard InChI is InChI=1S/C6H11NO4.C4H9NO3/c1-4(8)11-3-2-5(7)6(9)10;5-3(1-2-6)4(7)8/h5H,2-3,7H2,1H3,(H,9,10);3,6H,1-2,5H2,(H,7,8). The van der Waals surface area contributed by atoms with Gasteiger partial charge in [0.2, 0.25) is 0 Å². The molecule has 0 aliphatic carbocycles. The predicted molar refractivity (Wildman–Crippen MR) is 64.2 cm³/mol. The zero-order valence-electron chi connectivity index (χ0n) is 10.6. The SMILES string of the molecule is CC(=O)OCCC(N)C(=O)O.NC(CCO)C(=O)O. The van der Waals surface area contributed by atoms with Crippen molar-refractivity contribution in [2.75, 3.05) is 13.2 Å². The molecule has 0 saturated heterocycles. The molecule has 0 radical (unpaired) electrons. The van der Waals surface area contributed by atoms with Crippen LogP contribution in [0.25, 0.3) is 0 Å². The van der Waals surface area contributed by atoms with Crippen LogP contribution in [0.2, 0.25) is 0 Å². The van der Waals surface area contributed by atoms with E-state index < -0.39 is 30.0 Å². The van der Waals surface area contributed by atoms with Gasteiger partial charge in [0.15, 0.2) is 0 Å². The Morgan fingerprint density at radius 3 is 1.74 bits per heavy atom. The minimum atomic E-state index is -1.09. The number of carboxylic acid groups (broad SMARTS) is 2. The molecule has 0 aromatic carbocycles. The summed E-state index contributed by atoms with van der Waals surface area (Å²) in [5.41, 5.74) is 10.1. The third-order valence-electron chi connectivity index (χ3n) is 1.81. The Kier molecular flexibility index (Phi) is 11.8. The molecule has 2 atom stereocenters. The molecule has 2 unspecified atom stereocenters. The van der Waals surface area contributed by atoms with Gasteiger partial charge in [0, 0.05) is 20.0 Å². The molecule has 0 aliphatic rings. The summed E-state index contributed by atoms with van der Waals surface area (Å²) in [6.07, 6.45) is 0.268. The van der Waals surface area contributed by atoms with Crippen molar-refractivity contribution in [2.24, 2.45) is 11.5 Å². The Labute approximate surface area is 110 Å². The van der Waals surface area contributed by atoms with Gasteiger partial charge in [-0.1, -0.05) is 0 Å². The van der Waals surface area contributed by atoms with Gasteiger partial charge < -0.3 is 31.5 Å². The second kappa shape index (κ2) is 11.4. The van der Waals surface area contributed by atoms with Crippen molar-refractivity contribution < 1.29 is 34.4 Å². The Morgan fingerprint density at radius 2 is 1.47 bits per heavy atom. The lowest BCUT2D eigenvalue weighted by molar-refractivity contribution is -0.144. The van der Waals surface area contributed by atoms with E-state index in [1.807, 2.05) is 0 Å². The van der Waals surface area contributed by atoms with Gasteiger partial charge in [0.05, 0.1) is 6.61 Å². The molecule has 0 heterocycles. The molecule has 0 bridgehead atoms.